The predicted octanol–water partition coefficient (Wildman–Crippen LogP) is 1.55. The molecular weight excluding hydrogens is 254 g/mol. The molecule has 1 N–H and O–H groups in total. The van der Waals surface area contributed by atoms with Crippen LogP contribution in [-0.2, 0) is 0 Å². The van der Waals surface area contributed by atoms with E-state index in [9.17, 15) is 9.90 Å². The highest BCUT2D eigenvalue weighted by Gasteiger charge is 2.06. The Balaban J connectivity index is 2.40. The summed E-state index contributed by atoms with van der Waals surface area (Å²) in [7, 11) is 0. The Kier molecular flexibility index (Phi) is 3.43. The highest BCUT2D eigenvalue weighted by atomic mass is 35.5. The number of nitrogens with zero attached hydrogens (tertiary/aromatic N) is 2. The molecule has 18 heavy (non-hydrogen) atoms. The van der Waals surface area contributed by atoms with E-state index in [1.54, 1.807) is 31.3 Å². The van der Waals surface area contributed by atoms with Gasteiger partial charge in [0.15, 0.2) is 0 Å². The van der Waals surface area contributed by atoms with Crippen molar-refractivity contribution >= 4 is 29.1 Å². The average molecular weight is 263 g/mol. The Morgan fingerprint density at radius 2 is 2.11 bits per heavy atom. The van der Waals surface area contributed by atoms with Gasteiger partial charge in [0.25, 0.3) is 0 Å². The molecule has 0 saturated carbocycles. The zero-order valence-corrected chi connectivity index (χ0v) is 10.2. The lowest BCUT2D eigenvalue weighted by Gasteiger charge is -2.13. The fourth-order valence-corrected chi connectivity index (χ4v) is 1.58. The van der Waals surface area contributed by atoms with Gasteiger partial charge >= 0.3 is 0 Å². The summed E-state index contributed by atoms with van der Waals surface area (Å²) in [5.41, 5.74) is 1.22. The number of carbonyl (C=O) groups excluding carboxylic acids is 1. The highest BCUT2D eigenvalue weighted by Crippen LogP contribution is 2.21. The number of aromatic carboxylic acids is 1. The Morgan fingerprint density at radius 3 is 2.83 bits per heavy atom. The Morgan fingerprint density at radius 1 is 1.39 bits per heavy atom. The molecule has 0 aliphatic carbocycles. The summed E-state index contributed by atoms with van der Waals surface area (Å²) in [5.74, 6) is -0.792. The number of carbonyl (C=O) groups is 1. The van der Waals surface area contributed by atoms with Crippen molar-refractivity contribution in [3.8, 4) is 0 Å². The fourth-order valence-electron chi connectivity index (χ4n) is 1.44. The van der Waals surface area contributed by atoms with Crippen molar-refractivity contribution in [1.82, 2.24) is 9.97 Å². The number of halogens is 1. The first-order valence-electron chi connectivity index (χ1n) is 5.14. The van der Waals surface area contributed by atoms with Crippen LogP contribution in [0.15, 0.2) is 30.5 Å². The van der Waals surface area contributed by atoms with Gasteiger partial charge in [-0.1, -0.05) is 18.2 Å². The second-order valence-corrected chi connectivity index (χ2v) is 3.97. The smallest absolute Gasteiger partial charge is 0.224 e. The molecule has 2 rings (SSSR count). The maximum absolute atomic E-state index is 11.0. The lowest BCUT2D eigenvalue weighted by Crippen LogP contribution is -2.23. The number of hydrogen-bond acceptors (Lipinski definition) is 5. The summed E-state index contributed by atoms with van der Waals surface area (Å²) in [6.07, 6.45) is 1.55. The molecular formula is C12H9ClN3O2-. The molecule has 5 nitrogen and oxygen atoms in total. The van der Waals surface area contributed by atoms with E-state index in [1.807, 2.05) is 0 Å². The summed E-state index contributed by atoms with van der Waals surface area (Å²) in [5, 5.41) is 14.0. The van der Waals surface area contributed by atoms with Crippen LogP contribution in [0.1, 0.15) is 15.9 Å². The Hall–Kier alpha value is -2.14. The lowest BCUT2D eigenvalue weighted by molar-refractivity contribution is -0.254. The highest BCUT2D eigenvalue weighted by molar-refractivity contribution is 6.28. The van der Waals surface area contributed by atoms with Gasteiger partial charge in [-0.05, 0) is 24.6 Å². The molecule has 92 valence electrons. The zero-order valence-electron chi connectivity index (χ0n) is 9.48. The molecule has 0 radical (unpaired) electrons. The molecule has 1 aromatic heterocycles. The summed E-state index contributed by atoms with van der Waals surface area (Å²) in [4.78, 5) is 18.8. The SMILES string of the molecule is Cc1cnc(Cl)nc1Nc1ccccc1C(=O)[O-]. The second kappa shape index (κ2) is 5.01. The van der Waals surface area contributed by atoms with E-state index >= 15 is 0 Å². The van der Waals surface area contributed by atoms with Crippen molar-refractivity contribution in [2.75, 3.05) is 5.32 Å². The average Bonchev–Trinajstić information content (AvgIpc) is 2.34. The third-order valence-corrected chi connectivity index (χ3v) is 2.52. The van der Waals surface area contributed by atoms with Gasteiger partial charge in [0.2, 0.25) is 5.28 Å². The summed E-state index contributed by atoms with van der Waals surface area (Å²) >= 11 is 5.69. The van der Waals surface area contributed by atoms with Crippen LogP contribution in [0.2, 0.25) is 5.28 Å². The van der Waals surface area contributed by atoms with Crippen LogP contribution >= 0.6 is 11.6 Å². The van der Waals surface area contributed by atoms with E-state index in [0.717, 1.165) is 5.56 Å². The number of hydrogen-bond donors (Lipinski definition) is 1. The molecule has 0 aliphatic heterocycles. The number of aryl methyl sites for hydroxylation is 1. The van der Waals surface area contributed by atoms with Crippen molar-refractivity contribution < 1.29 is 9.90 Å². The van der Waals surface area contributed by atoms with Gasteiger partial charge in [0.05, 0.1) is 5.97 Å². The van der Waals surface area contributed by atoms with E-state index < -0.39 is 5.97 Å². The second-order valence-electron chi connectivity index (χ2n) is 3.63. The van der Waals surface area contributed by atoms with E-state index in [1.165, 1.54) is 6.07 Å². The number of rotatable bonds is 3. The molecule has 0 fully saturated rings. The number of benzene rings is 1. The molecule has 0 spiro atoms. The van der Waals surface area contributed by atoms with Crippen molar-refractivity contribution in [3.05, 3.63) is 46.9 Å². The maximum Gasteiger partial charge on any atom is 0.224 e. The molecule has 1 heterocycles. The third kappa shape index (κ3) is 2.57. The summed E-state index contributed by atoms with van der Waals surface area (Å²) in [6.45, 7) is 1.79. The minimum absolute atomic E-state index is 0.0617. The van der Waals surface area contributed by atoms with Crippen LogP contribution < -0.4 is 10.4 Å². The van der Waals surface area contributed by atoms with Crippen LogP contribution in [0.4, 0.5) is 11.5 Å². The minimum atomic E-state index is -1.25. The monoisotopic (exact) mass is 262 g/mol. The fraction of sp³-hybridized carbons (Fsp3) is 0.0833. The molecule has 0 aliphatic rings. The van der Waals surface area contributed by atoms with Crippen molar-refractivity contribution in [3.63, 3.8) is 0 Å². The first-order chi connectivity index (χ1) is 8.58. The first kappa shape index (κ1) is 12.3. The molecule has 0 bridgehead atoms. The number of carboxylic acids is 1. The molecule has 0 unspecified atom stereocenters. The molecule has 2 aromatic rings. The van der Waals surface area contributed by atoms with Gasteiger partial charge in [-0.25, -0.2) is 9.97 Å². The van der Waals surface area contributed by atoms with Crippen LogP contribution in [0.5, 0.6) is 0 Å². The van der Waals surface area contributed by atoms with Crippen LogP contribution in [-0.4, -0.2) is 15.9 Å². The van der Waals surface area contributed by atoms with Gasteiger partial charge in [0, 0.05) is 23.0 Å². The quantitative estimate of drug-likeness (QED) is 0.849. The van der Waals surface area contributed by atoms with Gasteiger partial charge in [-0.2, -0.15) is 0 Å². The van der Waals surface area contributed by atoms with Crippen molar-refractivity contribution in [2.24, 2.45) is 0 Å². The molecule has 0 saturated heterocycles. The normalized spacial score (nSPS) is 10.1. The number of nitrogens with one attached hydrogen (secondary N) is 1. The zero-order chi connectivity index (χ0) is 13.1. The standard InChI is InChI=1S/C12H10ClN3O2/c1-7-6-14-12(13)16-10(7)15-9-5-3-2-4-8(9)11(17)18/h2-6H,1H3,(H,17,18)(H,14,15,16)/p-1. The number of aromatic nitrogens is 2. The largest absolute Gasteiger partial charge is 0.545 e. The Labute approximate surface area is 108 Å². The van der Waals surface area contributed by atoms with E-state index in [0.29, 0.717) is 11.5 Å². The van der Waals surface area contributed by atoms with Crippen molar-refractivity contribution in [1.29, 1.82) is 0 Å². The van der Waals surface area contributed by atoms with Crippen LogP contribution in [0, 0.1) is 6.92 Å². The third-order valence-electron chi connectivity index (χ3n) is 2.34. The van der Waals surface area contributed by atoms with E-state index in [4.69, 9.17) is 11.6 Å². The lowest BCUT2D eigenvalue weighted by atomic mass is 10.2. The Bertz CT molecular complexity index is 602. The van der Waals surface area contributed by atoms with Crippen LogP contribution in [0.3, 0.4) is 0 Å². The van der Waals surface area contributed by atoms with Gasteiger partial charge in [0.1, 0.15) is 5.82 Å². The summed E-state index contributed by atoms with van der Waals surface area (Å²) < 4.78 is 0. The van der Waals surface area contributed by atoms with Gasteiger partial charge < -0.3 is 15.2 Å². The molecule has 0 atom stereocenters. The van der Waals surface area contributed by atoms with Gasteiger partial charge in [-0.3, -0.25) is 0 Å². The van der Waals surface area contributed by atoms with Crippen LogP contribution in [0.25, 0.3) is 0 Å². The minimum Gasteiger partial charge on any atom is -0.545 e. The number of carboxylic acid groups (broad SMARTS) is 1. The predicted molar refractivity (Wildman–Crippen MR) is 65.8 cm³/mol. The molecule has 6 heteroatoms. The molecule has 1 aromatic carbocycles. The summed E-state index contributed by atoms with van der Waals surface area (Å²) in [6, 6.07) is 6.42. The maximum atomic E-state index is 11.0. The van der Waals surface area contributed by atoms with Gasteiger partial charge in [-0.15, -0.1) is 0 Å². The first-order valence-corrected chi connectivity index (χ1v) is 5.52. The molecule has 0 amide bonds. The topological polar surface area (TPSA) is 77.9 Å². The number of para-hydroxylation sites is 1. The number of anilines is 2. The van der Waals surface area contributed by atoms with E-state index in [-0.39, 0.29) is 10.8 Å². The van der Waals surface area contributed by atoms with E-state index in [2.05, 4.69) is 15.3 Å². The van der Waals surface area contributed by atoms with Crippen molar-refractivity contribution in [2.45, 2.75) is 6.92 Å².